The Labute approximate surface area is 181 Å². The van der Waals surface area contributed by atoms with Crippen molar-refractivity contribution in [1.82, 2.24) is 9.55 Å². The number of rotatable bonds is 5. The van der Waals surface area contributed by atoms with Crippen LogP contribution in [0, 0.1) is 5.92 Å². The molecule has 3 atom stereocenters. The van der Waals surface area contributed by atoms with E-state index in [4.69, 9.17) is 27.9 Å². The highest BCUT2D eigenvalue weighted by Gasteiger charge is 2.38. The standard InChI is InChI=1S/C24H24Cl2N2O/c25-21-8-7-16(11-22(21)26)14-29-24-19(13-28-10-9-27-15-28)12-18-5-1-3-17-4-2-6-20(24)23(17)18/h2,4,6-11,15,18-19,24H,1,3,5,12-14H2. The van der Waals surface area contributed by atoms with Crippen molar-refractivity contribution in [3.63, 3.8) is 0 Å². The van der Waals surface area contributed by atoms with E-state index in [9.17, 15) is 0 Å². The van der Waals surface area contributed by atoms with Crippen LogP contribution in [-0.4, -0.2) is 9.55 Å². The van der Waals surface area contributed by atoms with Crippen LogP contribution in [0.1, 0.15) is 53.5 Å². The third kappa shape index (κ3) is 3.84. The number of aromatic nitrogens is 2. The predicted molar refractivity (Wildman–Crippen MR) is 116 cm³/mol. The second-order valence-corrected chi connectivity index (χ2v) is 9.06. The molecule has 2 aromatic carbocycles. The molecule has 2 aliphatic carbocycles. The zero-order chi connectivity index (χ0) is 19.8. The quantitative estimate of drug-likeness (QED) is 0.459. The van der Waals surface area contributed by atoms with Gasteiger partial charge in [0, 0.05) is 24.9 Å². The fourth-order valence-electron chi connectivity index (χ4n) is 5.14. The van der Waals surface area contributed by atoms with Crippen LogP contribution in [-0.2, 0) is 24.3 Å². The average Bonchev–Trinajstić information content (AvgIpc) is 3.23. The lowest BCUT2D eigenvalue weighted by molar-refractivity contribution is -0.0193. The van der Waals surface area contributed by atoms with Gasteiger partial charge in [0.2, 0.25) is 0 Å². The zero-order valence-corrected chi connectivity index (χ0v) is 17.7. The molecule has 0 amide bonds. The van der Waals surface area contributed by atoms with Crippen LogP contribution in [0.3, 0.4) is 0 Å². The zero-order valence-electron chi connectivity index (χ0n) is 16.2. The Hall–Kier alpha value is -1.81. The molecule has 0 saturated heterocycles. The molecule has 0 aliphatic heterocycles. The summed E-state index contributed by atoms with van der Waals surface area (Å²) in [5, 5.41) is 1.15. The Bertz CT molecular complexity index is 1000. The number of ether oxygens (including phenoxy) is 1. The van der Waals surface area contributed by atoms with E-state index >= 15 is 0 Å². The third-order valence-electron chi connectivity index (χ3n) is 6.38. The normalized spacial score (nSPS) is 23.0. The minimum Gasteiger partial charge on any atom is -0.368 e. The first-order valence-electron chi connectivity index (χ1n) is 10.3. The van der Waals surface area contributed by atoms with Crippen LogP contribution in [0.15, 0.2) is 55.1 Å². The minimum absolute atomic E-state index is 0.0659. The Balaban J connectivity index is 1.46. The van der Waals surface area contributed by atoms with Crippen LogP contribution in [0.4, 0.5) is 0 Å². The number of imidazole rings is 1. The van der Waals surface area contributed by atoms with Crippen molar-refractivity contribution in [3.8, 4) is 0 Å². The summed E-state index contributed by atoms with van der Waals surface area (Å²) in [6, 6.07) is 12.5. The molecule has 3 unspecified atom stereocenters. The molecule has 5 rings (SSSR count). The van der Waals surface area contributed by atoms with Crippen LogP contribution in [0.25, 0.3) is 0 Å². The van der Waals surface area contributed by atoms with Gasteiger partial charge in [-0.15, -0.1) is 0 Å². The number of nitrogens with zero attached hydrogens (tertiary/aromatic N) is 2. The van der Waals surface area contributed by atoms with Crippen molar-refractivity contribution in [3.05, 3.63) is 87.4 Å². The monoisotopic (exact) mass is 426 g/mol. The Morgan fingerprint density at radius 2 is 2.07 bits per heavy atom. The van der Waals surface area contributed by atoms with Crippen LogP contribution in [0.2, 0.25) is 10.0 Å². The van der Waals surface area contributed by atoms with E-state index in [1.807, 2.05) is 36.9 Å². The molecular formula is C24H24Cl2N2O. The molecule has 0 fully saturated rings. The molecule has 0 spiro atoms. The molecule has 5 heteroatoms. The van der Waals surface area contributed by atoms with Crippen molar-refractivity contribution < 1.29 is 4.74 Å². The van der Waals surface area contributed by atoms with E-state index in [1.54, 1.807) is 5.56 Å². The van der Waals surface area contributed by atoms with Gasteiger partial charge in [-0.3, -0.25) is 0 Å². The topological polar surface area (TPSA) is 27.1 Å². The molecule has 150 valence electrons. The molecule has 3 nitrogen and oxygen atoms in total. The summed E-state index contributed by atoms with van der Waals surface area (Å²) in [6.45, 7) is 1.45. The lowest BCUT2D eigenvalue weighted by Crippen LogP contribution is -2.31. The van der Waals surface area contributed by atoms with E-state index < -0.39 is 0 Å². The summed E-state index contributed by atoms with van der Waals surface area (Å²) in [7, 11) is 0. The predicted octanol–water partition coefficient (Wildman–Crippen LogP) is 6.59. The van der Waals surface area contributed by atoms with E-state index in [0.717, 1.165) is 18.5 Å². The second kappa shape index (κ2) is 8.14. The molecule has 1 aromatic heterocycles. The van der Waals surface area contributed by atoms with Crippen molar-refractivity contribution in [2.75, 3.05) is 0 Å². The van der Waals surface area contributed by atoms with Gasteiger partial charge in [-0.05, 0) is 66.0 Å². The van der Waals surface area contributed by atoms with Gasteiger partial charge >= 0.3 is 0 Å². The van der Waals surface area contributed by atoms with E-state index in [-0.39, 0.29) is 6.10 Å². The summed E-state index contributed by atoms with van der Waals surface area (Å²) in [5.41, 5.74) is 5.50. The van der Waals surface area contributed by atoms with Gasteiger partial charge in [0.15, 0.2) is 0 Å². The minimum atomic E-state index is 0.0659. The first-order valence-corrected chi connectivity index (χ1v) is 11.1. The number of aryl methyl sites for hydroxylation is 1. The molecule has 0 saturated carbocycles. The first-order chi connectivity index (χ1) is 14.2. The van der Waals surface area contributed by atoms with Gasteiger partial charge in [-0.1, -0.05) is 47.5 Å². The fraction of sp³-hybridized carbons (Fsp3) is 0.375. The largest absolute Gasteiger partial charge is 0.368 e. The van der Waals surface area contributed by atoms with Crippen LogP contribution >= 0.6 is 23.2 Å². The molecular weight excluding hydrogens is 403 g/mol. The Morgan fingerprint density at radius 1 is 1.14 bits per heavy atom. The van der Waals surface area contributed by atoms with Gasteiger partial charge in [-0.25, -0.2) is 4.98 Å². The maximum atomic E-state index is 6.59. The number of halogens is 2. The highest BCUT2D eigenvalue weighted by molar-refractivity contribution is 6.42. The first kappa shape index (κ1) is 19.2. The second-order valence-electron chi connectivity index (χ2n) is 8.24. The average molecular weight is 427 g/mol. The molecule has 29 heavy (non-hydrogen) atoms. The summed E-state index contributed by atoms with van der Waals surface area (Å²) >= 11 is 12.3. The summed E-state index contributed by atoms with van der Waals surface area (Å²) < 4.78 is 8.77. The fourth-order valence-corrected chi connectivity index (χ4v) is 5.46. The van der Waals surface area contributed by atoms with E-state index in [1.165, 1.54) is 30.4 Å². The van der Waals surface area contributed by atoms with Gasteiger partial charge < -0.3 is 9.30 Å². The van der Waals surface area contributed by atoms with E-state index in [2.05, 4.69) is 27.8 Å². The lowest BCUT2D eigenvalue weighted by Gasteiger charge is -2.41. The summed E-state index contributed by atoms with van der Waals surface area (Å²) in [4.78, 5) is 4.23. The molecule has 2 aliphatic rings. The maximum Gasteiger partial charge on any atom is 0.0946 e. The molecule has 0 radical (unpaired) electrons. The summed E-state index contributed by atoms with van der Waals surface area (Å²) in [6.07, 6.45) is 10.8. The van der Waals surface area contributed by atoms with Crippen molar-refractivity contribution in [2.24, 2.45) is 5.92 Å². The van der Waals surface area contributed by atoms with Gasteiger partial charge in [0.1, 0.15) is 0 Å². The molecule has 3 aromatic rings. The molecule has 0 bridgehead atoms. The number of benzene rings is 2. The van der Waals surface area contributed by atoms with Crippen LogP contribution < -0.4 is 0 Å². The van der Waals surface area contributed by atoms with E-state index in [0.29, 0.717) is 28.5 Å². The van der Waals surface area contributed by atoms with Crippen LogP contribution in [0.5, 0.6) is 0 Å². The summed E-state index contributed by atoms with van der Waals surface area (Å²) in [5.74, 6) is 1.06. The maximum absolute atomic E-state index is 6.59. The van der Waals surface area contributed by atoms with Crippen molar-refractivity contribution in [1.29, 1.82) is 0 Å². The third-order valence-corrected chi connectivity index (χ3v) is 7.12. The van der Waals surface area contributed by atoms with Crippen molar-refractivity contribution >= 4 is 23.2 Å². The van der Waals surface area contributed by atoms with Crippen molar-refractivity contribution in [2.45, 2.75) is 50.9 Å². The highest BCUT2D eigenvalue weighted by Crippen LogP contribution is 2.49. The molecule has 0 N–H and O–H groups in total. The van der Waals surface area contributed by atoms with Gasteiger partial charge in [-0.2, -0.15) is 0 Å². The number of hydrogen-bond acceptors (Lipinski definition) is 2. The Morgan fingerprint density at radius 3 is 2.90 bits per heavy atom. The smallest absolute Gasteiger partial charge is 0.0946 e. The number of hydrogen-bond donors (Lipinski definition) is 0. The van der Waals surface area contributed by atoms with Gasteiger partial charge in [0.05, 0.1) is 29.1 Å². The molecule has 1 heterocycles. The lowest BCUT2D eigenvalue weighted by atomic mass is 9.68. The SMILES string of the molecule is Clc1ccc(COC2c3cccc4c3C(CCC4)CC2Cn2ccnc2)cc1Cl. The Kier molecular flexibility index (Phi) is 5.38. The highest BCUT2D eigenvalue weighted by atomic mass is 35.5. The van der Waals surface area contributed by atoms with Gasteiger partial charge in [0.25, 0.3) is 0 Å².